The Bertz CT molecular complexity index is 2730. The van der Waals surface area contributed by atoms with Crippen molar-refractivity contribution < 1.29 is 47.0 Å². The van der Waals surface area contributed by atoms with Crippen molar-refractivity contribution in [1.82, 2.24) is 10.6 Å². The van der Waals surface area contributed by atoms with Crippen LogP contribution in [0.1, 0.15) is 135 Å². The monoisotopic (exact) mass is 1010 g/mol. The number of unbranched alkanes of at least 4 members (excludes halogenated alkanes) is 2. The van der Waals surface area contributed by atoms with Gasteiger partial charge in [0.15, 0.2) is 0 Å². The number of nitrogens with one attached hydrogen (secondary N) is 2. The summed E-state index contributed by atoms with van der Waals surface area (Å²) in [7, 11) is -4.34. The summed E-state index contributed by atoms with van der Waals surface area (Å²) in [5, 5.41) is 30.3. The lowest BCUT2D eigenvalue weighted by atomic mass is 9.42. The Labute approximate surface area is 425 Å². The number of aliphatic hydroxyl groups excluding tert-OH is 1. The van der Waals surface area contributed by atoms with Gasteiger partial charge in [0.2, 0.25) is 11.8 Å². The molecule has 2 aromatic carbocycles. The molecule has 72 heavy (non-hydrogen) atoms. The second-order valence-corrected chi connectivity index (χ2v) is 25.0. The Morgan fingerprint density at radius 2 is 1.67 bits per heavy atom. The summed E-state index contributed by atoms with van der Waals surface area (Å²) in [5.41, 5.74) is 5.27. The first kappa shape index (κ1) is 52.2. The summed E-state index contributed by atoms with van der Waals surface area (Å²) >= 11 is 0. The van der Waals surface area contributed by atoms with Gasteiger partial charge in [-0.1, -0.05) is 71.7 Å². The topological polar surface area (TPSA) is 204 Å². The molecule has 0 aromatic heterocycles. The molecule has 0 radical (unpaired) electrons. The molecule has 2 aromatic rings. The average molecular weight is 1010 g/mol. The zero-order chi connectivity index (χ0) is 51.6. The molecule has 0 bridgehead atoms. The highest BCUT2D eigenvalue weighted by Gasteiger charge is 2.71. The number of rotatable bonds is 16. The van der Waals surface area contributed by atoms with Crippen molar-refractivity contribution in [3.05, 3.63) is 88.7 Å². The molecule has 4 fully saturated rings. The first-order chi connectivity index (χ1) is 34.0. The molecule has 3 aliphatic heterocycles. The number of aliphatic hydroxyl groups is 2. The molecular formula is C57H76N4O10S. The van der Waals surface area contributed by atoms with Crippen LogP contribution in [-0.2, 0) is 44.8 Å². The van der Waals surface area contributed by atoms with Crippen LogP contribution in [0.25, 0.3) is 0 Å². The molecule has 9 atom stereocenters. The van der Waals surface area contributed by atoms with Crippen LogP contribution < -0.4 is 15.5 Å². The lowest BCUT2D eigenvalue weighted by Gasteiger charge is -2.65. The fourth-order valence-corrected chi connectivity index (χ4v) is 15.2. The Hall–Kier alpha value is -4.67. The lowest BCUT2D eigenvalue weighted by Crippen LogP contribution is -2.67. The van der Waals surface area contributed by atoms with E-state index in [0.717, 1.165) is 86.9 Å². The molecule has 4 saturated carbocycles. The van der Waals surface area contributed by atoms with Gasteiger partial charge in [0.1, 0.15) is 13.2 Å². The van der Waals surface area contributed by atoms with Crippen LogP contribution in [0.4, 0.5) is 11.4 Å². The molecule has 14 nitrogen and oxygen atoms in total. The van der Waals surface area contributed by atoms with E-state index in [2.05, 4.69) is 67.5 Å². The molecule has 4 aliphatic carbocycles. The van der Waals surface area contributed by atoms with Crippen LogP contribution in [0.5, 0.6) is 0 Å². The van der Waals surface area contributed by atoms with Gasteiger partial charge < -0.3 is 35.2 Å². The SMILES string of the molecule is Cc1ccc2c(c1)C(C)(C)/C(=C/C=C/C1=Nc3ccc(S(=O)(=O)O)cc3C1(C)C)N2CCCCCC(=O)NCCNC(=O)COC1CCC2(C)C(CCC3C2CC(O)C2(C)C(C4=CC(=O)OC4)CCC32O)C1. The minimum Gasteiger partial charge on any atom is -0.458 e. The van der Waals surface area contributed by atoms with Gasteiger partial charge in [-0.3, -0.25) is 19.1 Å². The Balaban J connectivity index is 0.695. The molecule has 0 spiro atoms. The van der Waals surface area contributed by atoms with Crippen LogP contribution in [0, 0.1) is 41.4 Å². The van der Waals surface area contributed by atoms with E-state index in [1.54, 1.807) is 12.1 Å². The van der Waals surface area contributed by atoms with Crippen LogP contribution in [-0.4, -0.2) is 97.3 Å². The number of anilines is 1. The third-order valence-electron chi connectivity index (χ3n) is 18.9. The Kier molecular flexibility index (Phi) is 14.2. The van der Waals surface area contributed by atoms with Gasteiger partial charge in [-0.05, 0) is 153 Å². The number of allylic oxidation sites excluding steroid dienone is 4. The molecule has 3 heterocycles. The molecule has 7 aliphatic rings. The maximum absolute atomic E-state index is 12.9. The fourth-order valence-electron chi connectivity index (χ4n) is 14.7. The molecule has 2 amide bonds. The average Bonchev–Trinajstić information content (AvgIpc) is 4.01. The second kappa shape index (κ2) is 19.6. The summed E-state index contributed by atoms with van der Waals surface area (Å²) in [6, 6.07) is 11.1. The van der Waals surface area contributed by atoms with Crippen molar-refractivity contribution in [2.75, 3.05) is 37.7 Å². The number of carbonyl (C=O) groups is 3. The van der Waals surface area contributed by atoms with Crippen LogP contribution in [0.2, 0.25) is 0 Å². The number of carbonyl (C=O) groups excluding carboxylic acids is 3. The van der Waals surface area contributed by atoms with E-state index in [9.17, 15) is 37.6 Å². The number of amides is 2. The molecule has 5 N–H and O–H groups in total. The standard InChI is InChI=1S/C57H76N4O10S/c1-35-15-20-46-44(28-35)54(4,5)48(13-11-12-47-53(2,3)43-31-39(72(67,68)69)17-19-45(43)60-47)61(46)27-10-8-9-14-50(63)58-25-26-59-51(64)34-70-38-21-23-55(6)37(30-38)16-18-41-42(55)32-49(62)56(7)40(22-24-57(41,56)66)36-29-52(65)71-33-36/h11-13,15,17,19-20,28-29,31,37-38,40-42,49,62,66H,8-10,14,16,18,21-27,30,32-34H2,1-7H3,(H,58,63)(H,59,64)(H,67,68,69)/b12-11+,48-13-. The highest BCUT2D eigenvalue weighted by Crippen LogP contribution is 2.70. The van der Waals surface area contributed by atoms with Crippen molar-refractivity contribution in [1.29, 1.82) is 0 Å². The Morgan fingerprint density at radius 1 is 0.903 bits per heavy atom. The van der Waals surface area contributed by atoms with Crippen molar-refractivity contribution >= 4 is 45.0 Å². The van der Waals surface area contributed by atoms with Gasteiger partial charge >= 0.3 is 5.97 Å². The summed E-state index contributed by atoms with van der Waals surface area (Å²) in [5.74, 6) is -0.0381. The zero-order valence-corrected chi connectivity index (χ0v) is 44.1. The van der Waals surface area contributed by atoms with E-state index in [-0.39, 0.29) is 70.6 Å². The van der Waals surface area contributed by atoms with Crippen LogP contribution >= 0.6 is 0 Å². The second-order valence-electron chi connectivity index (χ2n) is 23.6. The van der Waals surface area contributed by atoms with Gasteiger partial charge in [0.25, 0.3) is 10.1 Å². The van der Waals surface area contributed by atoms with Crippen molar-refractivity contribution in [3.8, 4) is 0 Å². The fraction of sp³-hybridized carbons (Fsp3) is 0.614. The third kappa shape index (κ3) is 9.32. The van der Waals surface area contributed by atoms with E-state index < -0.39 is 32.7 Å². The van der Waals surface area contributed by atoms with E-state index in [1.807, 2.05) is 32.9 Å². The van der Waals surface area contributed by atoms with Crippen molar-refractivity contribution in [2.24, 2.45) is 39.5 Å². The quantitative estimate of drug-likeness (QED) is 0.0616. The number of aliphatic imine (C=N–C) groups is 1. The molecule has 9 rings (SSSR count). The van der Waals surface area contributed by atoms with E-state index >= 15 is 0 Å². The molecular weight excluding hydrogens is 933 g/mol. The van der Waals surface area contributed by atoms with E-state index in [4.69, 9.17) is 14.5 Å². The van der Waals surface area contributed by atoms with E-state index in [1.165, 1.54) is 28.9 Å². The molecule has 9 unspecified atom stereocenters. The van der Waals surface area contributed by atoms with Gasteiger partial charge in [0.05, 0.1) is 34.1 Å². The van der Waals surface area contributed by atoms with Gasteiger partial charge in [0, 0.05) is 59.8 Å². The van der Waals surface area contributed by atoms with Crippen LogP contribution in [0.3, 0.4) is 0 Å². The van der Waals surface area contributed by atoms with E-state index in [0.29, 0.717) is 44.0 Å². The predicted octanol–water partition coefficient (Wildman–Crippen LogP) is 8.25. The number of hydrogen-bond donors (Lipinski definition) is 5. The van der Waals surface area contributed by atoms with Gasteiger partial charge in [-0.15, -0.1) is 0 Å². The maximum atomic E-state index is 12.9. The molecule has 390 valence electrons. The van der Waals surface area contributed by atoms with Crippen LogP contribution in [0.15, 0.2) is 81.9 Å². The first-order valence-electron chi connectivity index (χ1n) is 26.4. The summed E-state index contributed by atoms with van der Waals surface area (Å²) < 4.78 is 44.8. The predicted molar refractivity (Wildman–Crippen MR) is 276 cm³/mol. The number of benzene rings is 2. The summed E-state index contributed by atoms with van der Waals surface area (Å²) in [4.78, 5) is 44.7. The summed E-state index contributed by atoms with van der Waals surface area (Å²) in [6.07, 6.45) is 16.3. The zero-order valence-electron chi connectivity index (χ0n) is 43.3. The normalized spacial score (nSPS) is 32.6. The first-order valence-corrected chi connectivity index (χ1v) is 27.8. The van der Waals surface area contributed by atoms with Crippen molar-refractivity contribution in [2.45, 2.75) is 159 Å². The number of aryl methyl sites for hydroxylation is 1. The lowest BCUT2D eigenvalue weighted by molar-refractivity contribution is -0.245. The number of cyclic esters (lactones) is 1. The number of esters is 1. The number of hydrogen-bond acceptors (Lipinski definition) is 11. The molecule has 15 heteroatoms. The highest BCUT2D eigenvalue weighted by molar-refractivity contribution is 7.85. The van der Waals surface area contributed by atoms with Gasteiger partial charge in [-0.25, -0.2) is 4.79 Å². The largest absolute Gasteiger partial charge is 0.458 e. The number of nitrogens with zero attached hydrogens (tertiary/aromatic N) is 2. The Morgan fingerprint density at radius 3 is 2.40 bits per heavy atom. The van der Waals surface area contributed by atoms with Crippen molar-refractivity contribution in [3.63, 3.8) is 0 Å². The van der Waals surface area contributed by atoms with Gasteiger partial charge in [-0.2, -0.15) is 8.42 Å². The summed E-state index contributed by atoms with van der Waals surface area (Å²) in [6.45, 7) is 16.6. The number of ether oxygens (including phenoxy) is 2. The maximum Gasteiger partial charge on any atom is 0.331 e. The third-order valence-corrected chi connectivity index (χ3v) is 19.8. The highest BCUT2D eigenvalue weighted by atomic mass is 32.2. The smallest absolute Gasteiger partial charge is 0.331 e. The molecule has 0 saturated heterocycles. The minimum atomic E-state index is -4.34. The minimum absolute atomic E-state index is 0.0369. The number of fused-ring (bicyclic) bond motifs is 7.